The highest BCUT2D eigenvalue weighted by atomic mass is 16.3. The Labute approximate surface area is 151 Å². The lowest BCUT2D eigenvalue weighted by Gasteiger charge is -2.38. The van der Waals surface area contributed by atoms with Gasteiger partial charge in [-0.1, -0.05) is 12.1 Å². The molecule has 0 spiro atoms. The standard InChI is InChI=1S/C19H21N5O2/c25-18(16-3-1-15(2-4-16)17-5-8-21-22-17)24-10-6-19(26,7-11-24)13-23-12-9-20-14-23/h1-5,8-9,12,14,26H,6-7,10-11,13H2,(H,21,22). The number of nitrogens with zero attached hydrogens (tertiary/aromatic N) is 4. The Morgan fingerprint density at radius 3 is 2.54 bits per heavy atom. The number of benzene rings is 1. The van der Waals surface area contributed by atoms with Crippen molar-refractivity contribution in [1.82, 2.24) is 24.6 Å². The molecule has 1 aromatic carbocycles. The van der Waals surface area contributed by atoms with Crippen LogP contribution in [0, 0.1) is 0 Å². The van der Waals surface area contributed by atoms with Gasteiger partial charge in [-0.15, -0.1) is 0 Å². The predicted octanol–water partition coefficient (Wildman–Crippen LogP) is 1.94. The van der Waals surface area contributed by atoms with Crippen LogP contribution in [0.15, 0.2) is 55.2 Å². The second-order valence-electron chi connectivity index (χ2n) is 6.80. The summed E-state index contributed by atoms with van der Waals surface area (Å²) in [6, 6.07) is 9.40. The molecule has 3 heterocycles. The molecule has 2 N–H and O–H groups in total. The van der Waals surface area contributed by atoms with Crippen molar-refractivity contribution in [2.45, 2.75) is 25.0 Å². The summed E-state index contributed by atoms with van der Waals surface area (Å²) in [5, 5.41) is 17.6. The molecule has 1 amide bonds. The number of aromatic nitrogens is 4. The van der Waals surface area contributed by atoms with Crippen molar-refractivity contribution >= 4 is 5.91 Å². The van der Waals surface area contributed by atoms with Crippen LogP contribution >= 0.6 is 0 Å². The van der Waals surface area contributed by atoms with Gasteiger partial charge in [-0.25, -0.2) is 4.98 Å². The van der Waals surface area contributed by atoms with Crippen LogP contribution in [-0.4, -0.2) is 54.4 Å². The summed E-state index contributed by atoms with van der Waals surface area (Å²) in [5.74, 6) is 0.00541. The van der Waals surface area contributed by atoms with Crippen LogP contribution in [0.2, 0.25) is 0 Å². The normalized spacial score (nSPS) is 16.6. The maximum atomic E-state index is 12.7. The van der Waals surface area contributed by atoms with E-state index in [1.54, 1.807) is 18.7 Å². The summed E-state index contributed by atoms with van der Waals surface area (Å²) in [7, 11) is 0. The lowest BCUT2D eigenvalue weighted by Crippen LogP contribution is -2.48. The first-order valence-electron chi connectivity index (χ1n) is 8.70. The minimum absolute atomic E-state index is 0.00541. The topological polar surface area (TPSA) is 87.0 Å². The number of likely N-dealkylation sites (tertiary alicyclic amines) is 1. The third kappa shape index (κ3) is 3.39. The van der Waals surface area contributed by atoms with Crippen molar-refractivity contribution in [2.75, 3.05) is 13.1 Å². The van der Waals surface area contributed by atoms with Crippen molar-refractivity contribution in [3.05, 3.63) is 60.8 Å². The van der Waals surface area contributed by atoms with Crippen LogP contribution in [0.1, 0.15) is 23.2 Å². The summed E-state index contributed by atoms with van der Waals surface area (Å²) in [6.45, 7) is 1.60. The highest BCUT2D eigenvalue weighted by Crippen LogP contribution is 2.25. The van der Waals surface area contributed by atoms with E-state index in [9.17, 15) is 9.90 Å². The summed E-state index contributed by atoms with van der Waals surface area (Å²) in [5.41, 5.74) is 1.79. The number of hydrogen-bond donors (Lipinski definition) is 2. The van der Waals surface area contributed by atoms with Crippen LogP contribution in [0.3, 0.4) is 0 Å². The van der Waals surface area contributed by atoms with E-state index in [1.165, 1.54) is 0 Å². The number of imidazole rings is 1. The van der Waals surface area contributed by atoms with E-state index >= 15 is 0 Å². The van der Waals surface area contributed by atoms with Gasteiger partial charge < -0.3 is 14.6 Å². The number of H-pyrrole nitrogens is 1. The molecule has 3 aromatic rings. The Morgan fingerprint density at radius 1 is 1.15 bits per heavy atom. The van der Waals surface area contributed by atoms with Gasteiger partial charge in [-0.2, -0.15) is 5.10 Å². The summed E-state index contributed by atoms with van der Waals surface area (Å²) >= 11 is 0. The third-order valence-corrected chi connectivity index (χ3v) is 4.96. The molecule has 0 bridgehead atoms. The smallest absolute Gasteiger partial charge is 0.253 e. The largest absolute Gasteiger partial charge is 0.388 e. The van der Waals surface area contributed by atoms with E-state index in [0.717, 1.165) is 11.3 Å². The Hall–Kier alpha value is -2.93. The van der Waals surface area contributed by atoms with Crippen LogP contribution in [-0.2, 0) is 6.54 Å². The molecule has 7 nitrogen and oxygen atoms in total. The number of hydrogen-bond acceptors (Lipinski definition) is 4. The molecular weight excluding hydrogens is 330 g/mol. The second-order valence-corrected chi connectivity index (χ2v) is 6.80. The number of piperidine rings is 1. The fourth-order valence-electron chi connectivity index (χ4n) is 3.40. The highest BCUT2D eigenvalue weighted by molar-refractivity contribution is 5.94. The van der Waals surface area contributed by atoms with Gasteiger partial charge in [0, 0.05) is 37.2 Å². The molecule has 0 saturated carbocycles. The molecule has 0 atom stereocenters. The van der Waals surface area contributed by atoms with Gasteiger partial charge in [0.25, 0.3) is 5.91 Å². The Balaban J connectivity index is 1.39. The lowest BCUT2D eigenvalue weighted by atomic mass is 9.91. The maximum absolute atomic E-state index is 12.7. The first-order chi connectivity index (χ1) is 12.6. The van der Waals surface area contributed by atoms with E-state index in [4.69, 9.17) is 0 Å². The fourth-order valence-corrected chi connectivity index (χ4v) is 3.40. The first kappa shape index (κ1) is 16.5. The number of rotatable bonds is 4. The van der Waals surface area contributed by atoms with Crippen LogP contribution in [0.4, 0.5) is 0 Å². The van der Waals surface area contributed by atoms with E-state index < -0.39 is 5.60 Å². The molecule has 0 aliphatic carbocycles. The van der Waals surface area contributed by atoms with Gasteiger partial charge in [0.1, 0.15) is 0 Å². The summed E-state index contributed by atoms with van der Waals surface area (Å²) < 4.78 is 1.88. The molecule has 134 valence electrons. The molecule has 4 rings (SSSR count). The zero-order chi connectivity index (χ0) is 18.0. The van der Waals surface area contributed by atoms with E-state index in [2.05, 4.69) is 15.2 Å². The second kappa shape index (κ2) is 6.76. The Bertz CT molecular complexity index is 848. The minimum Gasteiger partial charge on any atom is -0.388 e. The van der Waals surface area contributed by atoms with Gasteiger partial charge in [-0.3, -0.25) is 9.89 Å². The van der Waals surface area contributed by atoms with Gasteiger partial charge in [0.15, 0.2) is 0 Å². The Kier molecular flexibility index (Phi) is 4.30. The van der Waals surface area contributed by atoms with Crippen LogP contribution in [0.25, 0.3) is 11.3 Å². The minimum atomic E-state index is -0.790. The van der Waals surface area contributed by atoms with Gasteiger partial charge in [0.2, 0.25) is 0 Å². The van der Waals surface area contributed by atoms with Crippen molar-refractivity contribution in [3.8, 4) is 11.3 Å². The molecule has 1 saturated heterocycles. The molecule has 1 aliphatic heterocycles. The summed E-state index contributed by atoms with van der Waals surface area (Å²) in [4.78, 5) is 18.6. The van der Waals surface area contributed by atoms with Gasteiger partial charge >= 0.3 is 0 Å². The molecule has 1 aliphatic rings. The summed E-state index contributed by atoms with van der Waals surface area (Å²) in [6.07, 6.45) is 8.07. The maximum Gasteiger partial charge on any atom is 0.253 e. The van der Waals surface area contributed by atoms with Crippen molar-refractivity contribution in [3.63, 3.8) is 0 Å². The van der Waals surface area contributed by atoms with Gasteiger partial charge in [0.05, 0.1) is 24.2 Å². The van der Waals surface area contributed by atoms with Crippen molar-refractivity contribution < 1.29 is 9.90 Å². The molecule has 0 unspecified atom stereocenters. The highest BCUT2D eigenvalue weighted by Gasteiger charge is 2.34. The fraction of sp³-hybridized carbons (Fsp3) is 0.316. The molecule has 0 radical (unpaired) electrons. The van der Waals surface area contributed by atoms with E-state index in [1.807, 2.05) is 46.0 Å². The number of amides is 1. The quantitative estimate of drug-likeness (QED) is 0.752. The number of carbonyl (C=O) groups excluding carboxylic acids is 1. The molecular formula is C19H21N5O2. The molecule has 7 heteroatoms. The van der Waals surface area contributed by atoms with Crippen molar-refractivity contribution in [2.24, 2.45) is 0 Å². The van der Waals surface area contributed by atoms with Gasteiger partial charge in [-0.05, 0) is 36.6 Å². The number of carbonyl (C=O) groups is 1. The monoisotopic (exact) mass is 351 g/mol. The number of aliphatic hydroxyl groups is 1. The molecule has 2 aromatic heterocycles. The predicted molar refractivity (Wildman–Crippen MR) is 96.3 cm³/mol. The van der Waals surface area contributed by atoms with E-state index in [-0.39, 0.29) is 5.91 Å². The number of nitrogens with one attached hydrogen (secondary N) is 1. The zero-order valence-electron chi connectivity index (χ0n) is 14.4. The lowest BCUT2D eigenvalue weighted by molar-refractivity contribution is -0.0292. The van der Waals surface area contributed by atoms with Crippen LogP contribution in [0.5, 0.6) is 0 Å². The Morgan fingerprint density at radius 2 is 1.92 bits per heavy atom. The zero-order valence-corrected chi connectivity index (χ0v) is 14.4. The average molecular weight is 351 g/mol. The first-order valence-corrected chi connectivity index (χ1v) is 8.70. The molecule has 26 heavy (non-hydrogen) atoms. The third-order valence-electron chi connectivity index (χ3n) is 4.96. The van der Waals surface area contributed by atoms with E-state index in [0.29, 0.717) is 38.0 Å². The average Bonchev–Trinajstić information content (AvgIpc) is 3.36. The van der Waals surface area contributed by atoms with Crippen molar-refractivity contribution in [1.29, 1.82) is 0 Å². The van der Waals surface area contributed by atoms with Crippen LogP contribution < -0.4 is 0 Å². The number of aromatic amines is 1. The SMILES string of the molecule is O=C(c1ccc(-c2ccn[nH]2)cc1)N1CCC(O)(Cn2ccnc2)CC1. The molecule has 1 fully saturated rings.